The highest BCUT2D eigenvalue weighted by molar-refractivity contribution is 7.89. The highest BCUT2D eigenvalue weighted by Gasteiger charge is 2.12. The van der Waals surface area contributed by atoms with Gasteiger partial charge in [-0.1, -0.05) is 5.16 Å². The first-order valence-corrected chi connectivity index (χ1v) is 7.99. The molecule has 2 N–H and O–H groups in total. The van der Waals surface area contributed by atoms with Crippen LogP contribution >= 0.6 is 0 Å². The Balaban J connectivity index is 1.91. The van der Waals surface area contributed by atoms with Crippen molar-refractivity contribution >= 4 is 10.0 Å². The Labute approximate surface area is 132 Å². The van der Waals surface area contributed by atoms with Gasteiger partial charge in [0.15, 0.2) is 0 Å². The van der Waals surface area contributed by atoms with E-state index in [9.17, 15) is 8.42 Å². The molecule has 23 heavy (non-hydrogen) atoms. The lowest BCUT2D eigenvalue weighted by Gasteiger charge is -1.98. The summed E-state index contributed by atoms with van der Waals surface area (Å²) in [6.07, 6.45) is 0. The van der Waals surface area contributed by atoms with E-state index in [-0.39, 0.29) is 4.90 Å². The number of primary sulfonamides is 1. The van der Waals surface area contributed by atoms with Gasteiger partial charge in [-0.05, 0) is 48.5 Å². The largest absolute Gasteiger partial charge is 0.334 e. The first kappa shape index (κ1) is 14.9. The molecule has 1 aromatic heterocycles. The number of aromatic nitrogens is 2. The Hall–Kier alpha value is -3.02. The zero-order valence-electron chi connectivity index (χ0n) is 11.7. The average Bonchev–Trinajstić information content (AvgIpc) is 3.04. The molecule has 3 aromatic rings. The lowest BCUT2D eigenvalue weighted by atomic mass is 10.1. The second-order valence-corrected chi connectivity index (χ2v) is 6.24. The van der Waals surface area contributed by atoms with Gasteiger partial charge >= 0.3 is 0 Å². The average molecular weight is 326 g/mol. The van der Waals surface area contributed by atoms with Crippen molar-refractivity contribution in [3.8, 4) is 28.9 Å². The number of nitrogens with two attached hydrogens (primary N) is 1. The Kier molecular flexibility index (Phi) is 3.65. The molecule has 0 fully saturated rings. The number of rotatable bonds is 3. The number of hydrogen-bond donors (Lipinski definition) is 1. The van der Waals surface area contributed by atoms with Crippen LogP contribution in [0.3, 0.4) is 0 Å². The summed E-state index contributed by atoms with van der Waals surface area (Å²) in [5.74, 6) is 0.630. The molecule has 8 heteroatoms. The van der Waals surface area contributed by atoms with Crippen LogP contribution in [-0.4, -0.2) is 18.6 Å². The van der Waals surface area contributed by atoms with Gasteiger partial charge in [-0.25, -0.2) is 13.6 Å². The van der Waals surface area contributed by atoms with Gasteiger partial charge in [0.2, 0.25) is 15.8 Å². The molecule has 0 aliphatic heterocycles. The number of hydrogen-bond acceptors (Lipinski definition) is 6. The van der Waals surface area contributed by atoms with Crippen LogP contribution in [0.2, 0.25) is 0 Å². The third kappa shape index (κ3) is 3.11. The summed E-state index contributed by atoms with van der Waals surface area (Å²) >= 11 is 0. The minimum Gasteiger partial charge on any atom is -0.334 e. The highest BCUT2D eigenvalue weighted by atomic mass is 32.2. The Morgan fingerprint density at radius 3 is 2.17 bits per heavy atom. The molecule has 0 aliphatic carbocycles. The third-order valence-corrected chi connectivity index (χ3v) is 4.06. The second-order valence-electron chi connectivity index (χ2n) is 4.68. The second kappa shape index (κ2) is 5.64. The van der Waals surface area contributed by atoms with Gasteiger partial charge in [-0.3, -0.25) is 0 Å². The lowest BCUT2D eigenvalue weighted by molar-refractivity contribution is 0.432. The van der Waals surface area contributed by atoms with Crippen LogP contribution in [0.4, 0.5) is 0 Å². The Bertz CT molecular complexity index is 984. The molecule has 2 aromatic carbocycles. The van der Waals surface area contributed by atoms with E-state index in [4.69, 9.17) is 14.9 Å². The van der Waals surface area contributed by atoms with Crippen molar-refractivity contribution in [3.63, 3.8) is 0 Å². The standard InChI is InChI=1S/C15H10N4O3S/c16-9-10-1-3-12(4-2-10)15-18-14(19-22-15)11-5-7-13(8-6-11)23(17,20)21/h1-8H,(H2,17,20,21). The van der Waals surface area contributed by atoms with Crippen LogP contribution in [0.1, 0.15) is 5.56 Å². The van der Waals surface area contributed by atoms with E-state index in [1.165, 1.54) is 12.1 Å². The fourth-order valence-electron chi connectivity index (χ4n) is 1.94. The minimum absolute atomic E-state index is 0.0112. The summed E-state index contributed by atoms with van der Waals surface area (Å²) < 4.78 is 27.6. The third-order valence-electron chi connectivity index (χ3n) is 3.13. The van der Waals surface area contributed by atoms with Gasteiger partial charge < -0.3 is 4.52 Å². The first-order chi connectivity index (χ1) is 11.0. The molecule has 3 rings (SSSR count). The monoisotopic (exact) mass is 326 g/mol. The molecule has 0 radical (unpaired) electrons. The molecule has 0 unspecified atom stereocenters. The summed E-state index contributed by atoms with van der Waals surface area (Å²) in [6, 6.07) is 14.6. The van der Waals surface area contributed by atoms with E-state index in [1.54, 1.807) is 36.4 Å². The summed E-state index contributed by atoms with van der Waals surface area (Å²) in [5, 5.41) is 17.7. The highest BCUT2D eigenvalue weighted by Crippen LogP contribution is 2.23. The van der Waals surface area contributed by atoms with Gasteiger partial charge in [0.1, 0.15) is 0 Å². The molecule has 7 nitrogen and oxygen atoms in total. The van der Waals surface area contributed by atoms with Gasteiger partial charge in [-0.15, -0.1) is 0 Å². The topological polar surface area (TPSA) is 123 Å². The molecule has 114 valence electrons. The maximum absolute atomic E-state index is 11.2. The molecule has 0 spiro atoms. The van der Waals surface area contributed by atoms with E-state index in [0.29, 0.717) is 28.4 Å². The summed E-state index contributed by atoms with van der Waals surface area (Å²) in [4.78, 5) is 4.27. The van der Waals surface area contributed by atoms with E-state index in [0.717, 1.165) is 0 Å². The molecule has 0 amide bonds. The van der Waals surface area contributed by atoms with Crippen LogP contribution in [0.5, 0.6) is 0 Å². The zero-order chi connectivity index (χ0) is 16.4. The first-order valence-electron chi connectivity index (χ1n) is 6.45. The van der Waals surface area contributed by atoms with Gasteiger partial charge in [0.05, 0.1) is 16.5 Å². The summed E-state index contributed by atoms with van der Waals surface area (Å²) in [6.45, 7) is 0. The molecule has 1 heterocycles. The predicted molar refractivity (Wildman–Crippen MR) is 81.3 cm³/mol. The van der Waals surface area contributed by atoms with E-state index in [2.05, 4.69) is 10.1 Å². The van der Waals surface area contributed by atoms with Crippen molar-refractivity contribution < 1.29 is 12.9 Å². The van der Waals surface area contributed by atoms with E-state index in [1.807, 2.05) is 6.07 Å². The summed E-state index contributed by atoms with van der Waals surface area (Å²) in [5.41, 5.74) is 1.82. The normalized spacial score (nSPS) is 11.1. The van der Waals surface area contributed by atoms with Crippen molar-refractivity contribution in [1.82, 2.24) is 10.1 Å². The molecule has 0 aliphatic rings. The maximum Gasteiger partial charge on any atom is 0.258 e. The SMILES string of the molecule is N#Cc1ccc(-c2nc(-c3ccc(S(N)(=O)=O)cc3)no2)cc1. The number of nitrogens with zero attached hydrogens (tertiary/aromatic N) is 3. The lowest BCUT2D eigenvalue weighted by Crippen LogP contribution is -2.11. The number of nitriles is 1. The molecule has 0 saturated heterocycles. The maximum atomic E-state index is 11.2. The van der Waals surface area contributed by atoms with Crippen LogP contribution in [0.25, 0.3) is 22.8 Å². The Morgan fingerprint density at radius 1 is 1.00 bits per heavy atom. The number of sulfonamides is 1. The fourth-order valence-corrected chi connectivity index (χ4v) is 2.45. The van der Waals surface area contributed by atoms with Crippen molar-refractivity contribution in [1.29, 1.82) is 5.26 Å². The van der Waals surface area contributed by atoms with Crippen LogP contribution in [0, 0.1) is 11.3 Å². The smallest absolute Gasteiger partial charge is 0.258 e. The van der Waals surface area contributed by atoms with Gasteiger partial charge in [0.25, 0.3) is 5.89 Å². The van der Waals surface area contributed by atoms with Gasteiger partial charge in [-0.2, -0.15) is 10.2 Å². The molecule has 0 bridgehead atoms. The predicted octanol–water partition coefficient (Wildman–Crippen LogP) is 1.92. The van der Waals surface area contributed by atoms with Crippen molar-refractivity contribution in [2.75, 3.05) is 0 Å². The minimum atomic E-state index is -3.74. The summed E-state index contributed by atoms with van der Waals surface area (Å²) in [7, 11) is -3.74. The van der Waals surface area contributed by atoms with E-state index < -0.39 is 10.0 Å². The van der Waals surface area contributed by atoms with Crippen LogP contribution < -0.4 is 5.14 Å². The molecule has 0 atom stereocenters. The van der Waals surface area contributed by atoms with Gasteiger partial charge in [0, 0.05) is 11.1 Å². The Morgan fingerprint density at radius 2 is 1.61 bits per heavy atom. The zero-order valence-corrected chi connectivity index (χ0v) is 12.5. The van der Waals surface area contributed by atoms with Crippen LogP contribution in [0.15, 0.2) is 57.9 Å². The van der Waals surface area contributed by atoms with Crippen molar-refractivity contribution in [3.05, 3.63) is 54.1 Å². The molecular weight excluding hydrogens is 316 g/mol. The molecular formula is C15H10N4O3S. The van der Waals surface area contributed by atoms with Crippen molar-refractivity contribution in [2.24, 2.45) is 5.14 Å². The van der Waals surface area contributed by atoms with Crippen molar-refractivity contribution in [2.45, 2.75) is 4.90 Å². The van der Waals surface area contributed by atoms with Crippen LogP contribution in [-0.2, 0) is 10.0 Å². The fraction of sp³-hybridized carbons (Fsp3) is 0. The van der Waals surface area contributed by atoms with E-state index >= 15 is 0 Å². The quantitative estimate of drug-likeness (QED) is 0.784. The number of benzene rings is 2. The molecule has 0 saturated carbocycles.